The standard InChI is InChI=1S/C14H11ClN4O/c15-11-7-9(8-16)5-6-13(11)18-14(20)10-3-1-2-4-12(10)19-17/h1-7,19H,17H2,(H,18,20). The van der Waals surface area contributed by atoms with Crippen molar-refractivity contribution in [3.63, 3.8) is 0 Å². The van der Waals surface area contributed by atoms with E-state index in [2.05, 4.69) is 10.7 Å². The van der Waals surface area contributed by atoms with Crippen molar-refractivity contribution < 1.29 is 4.79 Å². The number of benzene rings is 2. The maximum absolute atomic E-state index is 12.2. The van der Waals surface area contributed by atoms with Gasteiger partial charge >= 0.3 is 0 Å². The molecule has 4 N–H and O–H groups in total. The van der Waals surface area contributed by atoms with Crippen molar-refractivity contribution in [1.82, 2.24) is 0 Å². The number of anilines is 2. The number of nitrogens with one attached hydrogen (secondary N) is 2. The first kappa shape index (κ1) is 13.9. The van der Waals surface area contributed by atoms with Crippen LogP contribution in [0.25, 0.3) is 0 Å². The van der Waals surface area contributed by atoms with Gasteiger partial charge in [0.1, 0.15) is 0 Å². The fourth-order valence-electron chi connectivity index (χ4n) is 1.68. The molecule has 0 fully saturated rings. The van der Waals surface area contributed by atoms with Crippen LogP contribution < -0.4 is 16.6 Å². The summed E-state index contributed by atoms with van der Waals surface area (Å²) in [7, 11) is 0. The summed E-state index contributed by atoms with van der Waals surface area (Å²) in [4.78, 5) is 12.2. The lowest BCUT2D eigenvalue weighted by Crippen LogP contribution is -2.17. The number of nitrogens with two attached hydrogens (primary N) is 1. The second-order valence-electron chi connectivity index (χ2n) is 3.95. The lowest BCUT2D eigenvalue weighted by Gasteiger charge is -2.10. The third-order valence-corrected chi connectivity index (χ3v) is 2.99. The SMILES string of the molecule is N#Cc1ccc(NC(=O)c2ccccc2NN)c(Cl)c1. The lowest BCUT2D eigenvalue weighted by atomic mass is 10.1. The van der Waals surface area contributed by atoms with Crippen LogP contribution in [-0.4, -0.2) is 5.91 Å². The second-order valence-corrected chi connectivity index (χ2v) is 4.36. The topological polar surface area (TPSA) is 90.9 Å². The summed E-state index contributed by atoms with van der Waals surface area (Å²) < 4.78 is 0. The predicted octanol–water partition coefficient (Wildman–Crippen LogP) is 2.75. The molecule has 0 aliphatic carbocycles. The predicted molar refractivity (Wildman–Crippen MR) is 78.4 cm³/mol. The zero-order chi connectivity index (χ0) is 14.5. The van der Waals surface area contributed by atoms with Crippen molar-refractivity contribution in [1.29, 1.82) is 5.26 Å². The van der Waals surface area contributed by atoms with Gasteiger partial charge in [0, 0.05) is 0 Å². The summed E-state index contributed by atoms with van der Waals surface area (Å²) in [5.41, 5.74) is 4.23. The molecular weight excluding hydrogens is 276 g/mol. The van der Waals surface area contributed by atoms with E-state index >= 15 is 0 Å². The van der Waals surface area contributed by atoms with Crippen LogP contribution in [0.3, 0.4) is 0 Å². The van der Waals surface area contributed by atoms with Gasteiger partial charge in [-0.15, -0.1) is 0 Å². The molecule has 2 aromatic carbocycles. The Bertz CT molecular complexity index is 694. The fraction of sp³-hybridized carbons (Fsp3) is 0. The van der Waals surface area contributed by atoms with Gasteiger partial charge < -0.3 is 10.7 Å². The van der Waals surface area contributed by atoms with Gasteiger partial charge in [-0.2, -0.15) is 5.26 Å². The van der Waals surface area contributed by atoms with Crippen molar-refractivity contribution in [3.05, 3.63) is 58.6 Å². The molecule has 0 aromatic heterocycles. The van der Waals surface area contributed by atoms with Crippen molar-refractivity contribution >= 4 is 28.9 Å². The maximum Gasteiger partial charge on any atom is 0.257 e. The van der Waals surface area contributed by atoms with Crippen molar-refractivity contribution in [2.24, 2.45) is 5.84 Å². The Balaban J connectivity index is 2.26. The zero-order valence-corrected chi connectivity index (χ0v) is 11.1. The van der Waals surface area contributed by atoms with Gasteiger partial charge in [-0.1, -0.05) is 23.7 Å². The number of nitrogens with zero attached hydrogens (tertiary/aromatic N) is 1. The molecule has 0 bridgehead atoms. The number of nitriles is 1. The molecule has 0 spiro atoms. The van der Waals surface area contributed by atoms with E-state index in [0.29, 0.717) is 27.5 Å². The summed E-state index contributed by atoms with van der Waals surface area (Å²) >= 11 is 6.01. The molecule has 0 radical (unpaired) electrons. The molecule has 20 heavy (non-hydrogen) atoms. The number of hydrogen-bond donors (Lipinski definition) is 3. The summed E-state index contributed by atoms with van der Waals surface area (Å²) in [6.07, 6.45) is 0. The first-order valence-electron chi connectivity index (χ1n) is 5.72. The average molecular weight is 287 g/mol. The molecule has 5 nitrogen and oxygen atoms in total. The van der Waals surface area contributed by atoms with Gasteiger partial charge in [-0.05, 0) is 30.3 Å². The Morgan fingerprint density at radius 1 is 1.20 bits per heavy atom. The number of rotatable bonds is 3. The van der Waals surface area contributed by atoms with E-state index in [1.165, 1.54) is 6.07 Å². The van der Waals surface area contributed by atoms with Gasteiger partial charge in [0.25, 0.3) is 5.91 Å². The molecule has 0 aliphatic rings. The Kier molecular flexibility index (Phi) is 4.20. The minimum absolute atomic E-state index is 0.301. The highest BCUT2D eigenvalue weighted by molar-refractivity contribution is 6.34. The first-order valence-corrected chi connectivity index (χ1v) is 6.10. The Morgan fingerprint density at radius 3 is 2.60 bits per heavy atom. The van der Waals surface area contributed by atoms with Gasteiger partial charge in [0.05, 0.1) is 33.6 Å². The zero-order valence-electron chi connectivity index (χ0n) is 10.4. The van der Waals surface area contributed by atoms with E-state index in [-0.39, 0.29) is 5.91 Å². The minimum atomic E-state index is -0.342. The van der Waals surface area contributed by atoms with Crippen LogP contribution in [0.15, 0.2) is 42.5 Å². The van der Waals surface area contributed by atoms with E-state index in [1.54, 1.807) is 36.4 Å². The summed E-state index contributed by atoms with van der Waals surface area (Å²) in [5, 5.41) is 11.7. The Morgan fingerprint density at radius 2 is 1.95 bits per heavy atom. The minimum Gasteiger partial charge on any atom is -0.323 e. The highest BCUT2D eigenvalue weighted by Gasteiger charge is 2.12. The van der Waals surface area contributed by atoms with Gasteiger partial charge in [-0.3, -0.25) is 10.6 Å². The number of amides is 1. The van der Waals surface area contributed by atoms with Gasteiger partial charge in [0.2, 0.25) is 0 Å². The van der Waals surface area contributed by atoms with Crippen molar-refractivity contribution in [2.45, 2.75) is 0 Å². The Labute approximate surface area is 120 Å². The van der Waals surface area contributed by atoms with E-state index in [1.807, 2.05) is 6.07 Å². The quantitative estimate of drug-likeness (QED) is 0.598. The van der Waals surface area contributed by atoms with E-state index in [9.17, 15) is 4.79 Å². The summed E-state index contributed by atoms with van der Waals surface area (Å²) in [6.45, 7) is 0. The third kappa shape index (κ3) is 2.88. The molecule has 2 rings (SSSR count). The van der Waals surface area contributed by atoms with Crippen LogP contribution in [0, 0.1) is 11.3 Å². The summed E-state index contributed by atoms with van der Waals surface area (Å²) in [6, 6.07) is 13.5. The monoisotopic (exact) mass is 286 g/mol. The number of carbonyl (C=O) groups excluding carboxylic acids is 1. The van der Waals surface area contributed by atoms with Gasteiger partial charge in [0.15, 0.2) is 0 Å². The molecule has 6 heteroatoms. The largest absolute Gasteiger partial charge is 0.323 e. The van der Waals surface area contributed by atoms with Gasteiger partial charge in [-0.25, -0.2) is 0 Å². The molecular formula is C14H11ClN4O. The number of halogens is 1. The van der Waals surface area contributed by atoms with E-state index < -0.39 is 0 Å². The van der Waals surface area contributed by atoms with Crippen LogP contribution in [0.2, 0.25) is 5.02 Å². The van der Waals surface area contributed by atoms with Crippen molar-refractivity contribution in [2.75, 3.05) is 10.7 Å². The lowest BCUT2D eigenvalue weighted by molar-refractivity contribution is 0.102. The third-order valence-electron chi connectivity index (χ3n) is 2.67. The maximum atomic E-state index is 12.2. The van der Waals surface area contributed by atoms with Crippen LogP contribution in [0.5, 0.6) is 0 Å². The van der Waals surface area contributed by atoms with Crippen LogP contribution >= 0.6 is 11.6 Å². The van der Waals surface area contributed by atoms with E-state index in [4.69, 9.17) is 22.7 Å². The molecule has 0 aliphatic heterocycles. The first-order chi connectivity index (χ1) is 9.65. The second kappa shape index (κ2) is 6.06. The van der Waals surface area contributed by atoms with E-state index in [0.717, 1.165) is 0 Å². The molecule has 0 heterocycles. The molecule has 0 saturated carbocycles. The molecule has 2 aromatic rings. The van der Waals surface area contributed by atoms with Crippen molar-refractivity contribution in [3.8, 4) is 6.07 Å². The van der Waals surface area contributed by atoms with Crippen LogP contribution in [-0.2, 0) is 0 Å². The number of hydrazine groups is 1. The fourth-order valence-corrected chi connectivity index (χ4v) is 1.91. The molecule has 0 unspecified atom stereocenters. The number of para-hydroxylation sites is 1. The number of hydrogen-bond acceptors (Lipinski definition) is 4. The number of nitrogen functional groups attached to an aromatic ring is 1. The molecule has 1 amide bonds. The van der Waals surface area contributed by atoms with Crippen LogP contribution in [0.4, 0.5) is 11.4 Å². The molecule has 100 valence electrons. The van der Waals surface area contributed by atoms with Crippen LogP contribution in [0.1, 0.15) is 15.9 Å². The molecule has 0 saturated heterocycles. The Hall–Kier alpha value is -2.55. The number of carbonyl (C=O) groups is 1. The normalized spacial score (nSPS) is 9.65. The highest BCUT2D eigenvalue weighted by Crippen LogP contribution is 2.24. The highest BCUT2D eigenvalue weighted by atomic mass is 35.5. The average Bonchev–Trinajstić information content (AvgIpc) is 2.49. The summed E-state index contributed by atoms with van der Waals surface area (Å²) in [5.74, 6) is 5.02. The smallest absolute Gasteiger partial charge is 0.257 e. The molecule has 0 atom stereocenters.